The fourth-order valence-corrected chi connectivity index (χ4v) is 8.09. The highest BCUT2D eigenvalue weighted by Gasteiger charge is 2.37. The van der Waals surface area contributed by atoms with Crippen LogP contribution in [-0.2, 0) is 38.0 Å². The first-order chi connectivity index (χ1) is 31.2. The van der Waals surface area contributed by atoms with Crippen molar-refractivity contribution in [2.75, 3.05) is 41.5 Å². The number of halogens is 8. The number of rotatable bonds is 7. The first kappa shape index (κ1) is 50.6. The number of unbranched alkanes of at least 4 members (excludes halogenated alkanes) is 1. The van der Waals surface area contributed by atoms with E-state index in [2.05, 4.69) is 45.3 Å². The summed E-state index contributed by atoms with van der Waals surface area (Å²) in [6.45, 7) is 2.57. The monoisotopic (exact) mass is 967 g/mol. The number of hydrogen-bond acceptors (Lipinski definition) is 14. The molecule has 15 nitrogen and oxygen atoms in total. The summed E-state index contributed by atoms with van der Waals surface area (Å²) in [6, 6.07) is 16.0. The van der Waals surface area contributed by atoms with E-state index in [1.54, 1.807) is 6.07 Å². The quantitative estimate of drug-likeness (QED) is 0.0594. The van der Waals surface area contributed by atoms with Gasteiger partial charge in [0.1, 0.15) is 17.5 Å². The second-order valence-corrected chi connectivity index (χ2v) is 17.5. The largest absolute Gasteiger partial charge is 0.418 e. The molecule has 6 aromatic heterocycles. The SMILES string of the molecule is NCCCCN.O=S(=O)(Cc1ccc(C(F)(F)F)c(-c2cccnc2F)n1)c1cccc(F)n1.O=S1(=O)Nc2ccc(C(F)(F)F)c(n2)-c2cccnc2NCCCCNc2cccc1n2. The van der Waals surface area contributed by atoms with Gasteiger partial charge < -0.3 is 22.1 Å². The van der Waals surface area contributed by atoms with Gasteiger partial charge in [-0.3, -0.25) is 9.71 Å². The van der Waals surface area contributed by atoms with Gasteiger partial charge in [0.25, 0.3) is 10.0 Å². The molecule has 0 aromatic carbocycles. The Balaban J connectivity index is 0.000000222. The number of sulfone groups is 1. The van der Waals surface area contributed by atoms with Gasteiger partial charge in [-0.25, -0.2) is 33.3 Å². The molecule has 25 heteroatoms. The van der Waals surface area contributed by atoms with Gasteiger partial charge in [-0.05, 0) is 112 Å². The molecule has 0 amide bonds. The Morgan fingerprint density at radius 3 is 1.88 bits per heavy atom. The number of pyridine rings is 6. The van der Waals surface area contributed by atoms with Crippen molar-refractivity contribution in [2.45, 2.75) is 53.8 Å². The van der Waals surface area contributed by atoms with Crippen molar-refractivity contribution >= 4 is 37.3 Å². The Morgan fingerprint density at radius 2 is 1.24 bits per heavy atom. The van der Waals surface area contributed by atoms with Crippen LogP contribution in [0.5, 0.6) is 0 Å². The number of aromatic nitrogens is 6. The lowest BCUT2D eigenvalue weighted by atomic mass is 10.1. The van der Waals surface area contributed by atoms with Crippen molar-refractivity contribution < 1.29 is 52.0 Å². The molecule has 7 N–H and O–H groups in total. The normalized spacial score (nSPS) is 13.8. The molecule has 6 aromatic rings. The molecule has 7 rings (SSSR count). The van der Waals surface area contributed by atoms with E-state index in [9.17, 15) is 52.0 Å². The summed E-state index contributed by atoms with van der Waals surface area (Å²) in [5.74, 6) is -2.73. The first-order valence-electron chi connectivity index (χ1n) is 19.7. The van der Waals surface area contributed by atoms with Crippen molar-refractivity contribution in [1.29, 1.82) is 0 Å². The Kier molecular flexibility index (Phi) is 17.0. The molecule has 0 unspecified atom stereocenters. The lowest BCUT2D eigenvalue weighted by Gasteiger charge is -2.17. The Morgan fingerprint density at radius 1 is 0.636 bits per heavy atom. The molecule has 1 aliphatic heterocycles. The summed E-state index contributed by atoms with van der Waals surface area (Å²) in [4.78, 5) is 22.5. The third kappa shape index (κ3) is 13.8. The van der Waals surface area contributed by atoms with E-state index in [0.717, 1.165) is 74.6 Å². The van der Waals surface area contributed by atoms with Crippen LogP contribution in [0.15, 0.2) is 107 Å². The highest BCUT2D eigenvalue weighted by Crippen LogP contribution is 2.40. The highest BCUT2D eigenvalue weighted by molar-refractivity contribution is 7.92. The maximum atomic E-state index is 13.9. The van der Waals surface area contributed by atoms with Crippen LogP contribution in [-0.4, -0.2) is 72.9 Å². The maximum absolute atomic E-state index is 13.9. The molecular weight excluding hydrogens is 927 g/mol. The predicted molar refractivity (Wildman–Crippen MR) is 229 cm³/mol. The van der Waals surface area contributed by atoms with Gasteiger partial charge in [0.15, 0.2) is 10.1 Å². The van der Waals surface area contributed by atoms with E-state index >= 15 is 0 Å². The van der Waals surface area contributed by atoms with Gasteiger partial charge in [-0.2, -0.15) is 43.5 Å². The maximum Gasteiger partial charge on any atom is 0.418 e. The van der Waals surface area contributed by atoms with Crippen molar-refractivity contribution in [2.24, 2.45) is 11.5 Å². The minimum absolute atomic E-state index is 0.117. The summed E-state index contributed by atoms with van der Waals surface area (Å²) in [6.07, 6.45) is -3.50. The number of fused-ring (bicyclic) bond motifs is 6. The molecule has 7 heterocycles. The lowest BCUT2D eigenvalue weighted by molar-refractivity contribution is -0.138. The van der Waals surface area contributed by atoms with Gasteiger partial charge in [-0.1, -0.05) is 12.1 Å². The van der Waals surface area contributed by atoms with E-state index in [-0.39, 0.29) is 27.9 Å². The average molecular weight is 968 g/mol. The van der Waals surface area contributed by atoms with E-state index in [0.29, 0.717) is 37.8 Å². The van der Waals surface area contributed by atoms with Crippen molar-refractivity contribution in [3.63, 3.8) is 0 Å². The summed E-state index contributed by atoms with van der Waals surface area (Å²) in [7, 11) is -8.38. The van der Waals surface area contributed by atoms with Gasteiger partial charge in [0, 0.05) is 31.0 Å². The first-order valence-corrected chi connectivity index (χ1v) is 22.8. The van der Waals surface area contributed by atoms with Gasteiger partial charge in [0.2, 0.25) is 21.7 Å². The van der Waals surface area contributed by atoms with E-state index in [1.807, 2.05) is 0 Å². The molecule has 0 saturated heterocycles. The van der Waals surface area contributed by atoms with Gasteiger partial charge in [0.05, 0.1) is 39.5 Å². The van der Waals surface area contributed by atoms with Gasteiger partial charge >= 0.3 is 12.4 Å². The summed E-state index contributed by atoms with van der Waals surface area (Å²) in [5, 5.41) is 5.25. The summed E-state index contributed by atoms with van der Waals surface area (Å²) >= 11 is 0. The second-order valence-electron chi connectivity index (χ2n) is 13.9. The van der Waals surface area contributed by atoms with Crippen LogP contribution in [0.1, 0.15) is 42.5 Å². The number of sulfonamides is 1. The second kappa shape index (κ2) is 22.2. The number of nitrogens with two attached hydrogens (primary N) is 2. The Bertz CT molecular complexity index is 2820. The van der Waals surface area contributed by atoms with Crippen LogP contribution in [0.25, 0.3) is 22.5 Å². The molecule has 66 heavy (non-hydrogen) atoms. The van der Waals surface area contributed by atoms with Crippen LogP contribution in [0.3, 0.4) is 0 Å². The zero-order valence-electron chi connectivity index (χ0n) is 34.4. The topological polar surface area (TPSA) is 234 Å². The van der Waals surface area contributed by atoms with Crippen LogP contribution in [0, 0.1) is 11.9 Å². The molecule has 0 spiro atoms. The van der Waals surface area contributed by atoms with E-state index in [4.69, 9.17) is 11.5 Å². The Labute approximate surface area is 373 Å². The number of nitrogens with one attached hydrogen (secondary N) is 3. The van der Waals surface area contributed by atoms with E-state index in [1.165, 1.54) is 36.5 Å². The standard InChI is InChI=1S/C20H19F3N6O2S.C17H10F5N3O2S.C4H12N2/c21-20(22,23)14-8-9-16-28-18(14)13-5-4-12-26-19(13)25-11-2-1-10-24-15-6-3-7-17(27-15)32(30,31)29-16;18-13-4-1-5-14(25-13)28(26,27)9-10-6-7-12(17(20,21)22)15(24-10)11-3-2-8-23-16(11)19;5-3-1-2-4-6/h3-9,12H,1-2,10-11H2,(H,24,27)(H,25,26)(H,28,29);1-8H,9H2;1-6H2. The lowest BCUT2D eigenvalue weighted by Crippen LogP contribution is -2.18. The zero-order valence-corrected chi connectivity index (χ0v) is 36.0. The van der Waals surface area contributed by atoms with Gasteiger partial charge in [-0.15, -0.1) is 0 Å². The minimum atomic E-state index is -4.86. The van der Waals surface area contributed by atoms with Crippen LogP contribution >= 0.6 is 0 Å². The Hall–Kier alpha value is -6.44. The van der Waals surface area contributed by atoms with Crippen LogP contribution < -0.4 is 26.8 Å². The van der Waals surface area contributed by atoms with Crippen molar-refractivity contribution in [3.8, 4) is 22.5 Å². The number of anilines is 3. The molecular formula is C41H41F8N11O4S2. The minimum Gasteiger partial charge on any atom is -0.370 e. The molecule has 0 aliphatic carbocycles. The molecule has 4 bridgehead atoms. The predicted octanol–water partition coefficient (Wildman–Crippen LogP) is 7.47. The zero-order chi connectivity index (χ0) is 48.1. The average Bonchev–Trinajstić information content (AvgIpc) is 3.26. The third-order valence-electron chi connectivity index (χ3n) is 8.98. The molecule has 0 atom stereocenters. The van der Waals surface area contributed by atoms with Crippen molar-refractivity contribution in [1.82, 2.24) is 29.9 Å². The fraction of sp³-hybridized carbons (Fsp3) is 0.268. The van der Waals surface area contributed by atoms with Crippen LogP contribution in [0.2, 0.25) is 0 Å². The highest BCUT2D eigenvalue weighted by atomic mass is 32.2. The number of nitrogens with zero attached hydrogens (tertiary/aromatic N) is 6. The van der Waals surface area contributed by atoms with Crippen LogP contribution in [0.4, 0.5) is 52.6 Å². The molecule has 1 aliphatic rings. The number of hydrogen-bond donors (Lipinski definition) is 5. The van der Waals surface area contributed by atoms with E-state index < -0.39 is 83.0 Å². The smallest absolute Gasteiger partial charge is 0.370 e. The summed E-state index contributed by atoms with van der Waals surface area (Å²) in [5.41, 5.74) is 6.15. The molecule has 0 saturated carbocycles. The van der Waals surface area contributed by atoms with Crippen molar-refractivity contribution in [3.05, 3.63) is 126 Å². The molecule has 352 valence electrons. The summed E-state index contributed by atoms with van der Waals surface area (Å²) < 4.78 is 161. The molecule has 0 fully saturated rings. The molecule has 0 radical (unpaired) electrons. The number of alkyl halides is 6. The fourth-order valence-electron chi connectivity index (χ4n) is 5.91. The third-order valence-corrected chi connectivity index (χ3v) is 11.8.